The molecule has 0 amide bonds. The van der Waals surface area contributed by atoms with Crippen molar-refractivity contribution in [2.45, 2.75) is 25.7 Å². The summed E-state index contributed by atoms with van der Waals surface area (Å²) >= 11 is 0. The molecule has 0 aromatic carbocycles. The molecule has 1 N–H and O–H groups in total. The fourth-order valence-corrected chi connectivity index (χ4v) is 1.74. The van der Waals surface area contributed by atoms with Crippen LogP contribution < -0.4 is 5.32 Å². The summed E-state index contributed by atoms with van der Waals surface area (Å²) in [5.41, 5.74) is 1.33. The Labute approximate surface area is 90.6 Å². The molecule has 0 bridgehead atoms. The van der Waals surface area contributed by atoms with Crippen molar-refractivity contribution < 1.29 is 0 Å². The lowest BCUT2D eigenvalue weighted by molar-refractivity contribution is 0.704. The molecule has 0 fully saturated rings. The first kappa shape index (κ1) is 10.1. The van der Waals surface area contributed by atoms with Gasteiger partial charge in [0.2, 0.25) is 0 Å². The number of aromatic nitrogens is 1. The van der Waals surface area contributed by atoms with Gasteiger partial charge in [-0.05, 0) is 37.0 Å². The zero-order valence-corrected chi connectivity index (χ0v) is 8.95. The van der Waals surface area contributed by atoms with E-state index in [9.17, 15) is 0 Å². The van der Waals surface area contributed by atoms with E-state index in [-0.39, 0.29) is 0 Å². The van der Waals surface area contributed by atoms with Gasteiger partial charge in [0.05, 0.1) is 5.84 Å². The zero-order chi connectivity index (χ0) is 10.3. The number of amidine groups is 1. The number of rotatable bonds is 3. The Kier molecular flexibility index (Phi) is 3.71. The van der Waals surface area contributed by atoms with Crippen LogP contribution in [0, 0.1) is 0 Å². The monoisotopic (exact) mass is 203 g/mol. The van der Waals surface area contributed by atoms with Crippen LogP contribution in [0.1, 0.15) is 24.8 Å². The third-order valence-electron chi connectivity index (χ3n) is 2.62. The predicted molar refractivity (Wildman–Crippen MR) is 62.1 cm³/mol. The summed E-state index contributed by atoms with van der Waals surface area (Å²) in [6.45, 7) is 1.97. The van der Waals surface area contributed by atoms with Crippen LogP contribution in [0.4, 0.5) is 0 Å². The van der Waals surface area contributed by atoms with Gasteiger partial charge in [0.15, 0.2) is 0 Å². The topological polar surface area (TPSA) is 37.3 Å². The second-order valence-electron chi connectivity index (χ2n) is 3.82. The lowest BCUT2D eigenvalue weighted by Gasteiger charge is -2.13. The number of pyridine rings is 1. The van der Waals surface area contributed by atoms with Crippen molar-refractivity contribution in [1.29, 1.82) is 0 Å². The van der Waals surface area contributed by atoms with Crippen LogP contribution in [-0.2, 0) is 6.42 Å². The summed E-state index contributed by atoms with van der Waals surface area (Å²) in [7, 11) is 0. The molecule has 15 heavy (non-hydrogen) atoms. The molecule has 0 atom stereocenters. The molecule has 0 aliphatic carbocycles. The van der Waals surface area contributed by atoms with Crippen LogP contribution >= 0.6 is 0 Å². The Morgan fingerprint density at radius 2 is 2.07 bits per heavy atom. The number of hydrogen-bond acceptors (Lipinski definition) is 3. The Morgan fingerprint density at radius 3 is 2.80 bits per heavy atom. The first-order valence-electron chi connectivity index (χ1n) is 5.61. The van der Waals surface area contributed by atoms with Crippen LogP contribution in [0.5, 0.6) is 0 Å². The molecule has 3 nitrogen and oxygen atoms in total. The number of nitrogens with one attached hydrogen (secondary N) is 1. The third kappa shape index (κ3) is 3.35. The standard InChI is InChI=1S/C12H17N3/c1-2-7-14-12(3-1)15-10-6-11-4-8-13-9-5-11/h4-5,8-9H,1-3,6-7,10H2,(H,14,15). The van der Waals surface area contributed by atoms with Crippen molar-refractivity contribution in [2.75, 3.05) is 13.1 Å². The van der Waals surface area contributed by atoms with Crippen molar-refractivity contribution in [2.24, 2.45) is 4.99 Å². The molecular weight excluding hydrogens is 186 g/mol. The van der Waals surface area contributed by atoms with E-state index in [1.165, 1.54) is 24.2 Å². The fourth-order valence-electron chi connectivity index (χ4n) is 1.74. The lowest BCUT2D eigenvalue weighted by atomic mass is 10.1. The maximum absolute atomic E-state index is 4.45. The quantitative estimate of drug-likeness (QED) is 0.813. The SMILES string of the molecule is c1cc(CCNC2=NCCCC2)ccn1. The van der Waals surface area contributed by atoms with Gasteiger partial charge in [-0.2, -0.15) is 0 Å². The molecule has 3 heteroatoms. The fraction of sp³-hybridized carbons (Fsp3) is 0.500. The second kappa shape index (κ2) is 5.49. The summed E-state index contributed by atoms with van der Waals surface area (Å²) in [6, 6.07) is 4.12. The van der Waals surface area contributed by atoms with Gasteiger partial charge in [0, 0.05) is 31.9 Å². The number of nitrogens with zero attached hydrogens (tertiary/aromatic N) is 2. The van der Waals surface area contributed by atoms with E-state index in [1.54, 1.807) is 0 Å². The average Bonchev–Trinajstić information content (AvgIpc) is 2.32. The molecule has 2 heterocycles. The van der Waals surface area contributed by atoms with E-state index in [2.05, 4.69) is 27.4 Å². The second-order valence-corrected chi connectivity index (χ2v) is 3.82. The minimum Gasteiger partial charge on any atom is -0.374 e. The largest absolute Gasteiger partial charge is 0.374 e. The first-order chi connectivity index (χ1) is 7.45. The van der Waals surface area contributed by atoms with Crippen LogP contribution in [0.2, 0.25) is 0 Å². The summed E-state index contributed by atoms with van der Waals surface area (Å²) in [4.78, 5) is 8.45. The molecule has 0 saturated heterocycles. The van der Waals surface area contributed by atoms with Crippen molar-refractivity contribution in [3.63, 3.8) is 0 Å². The van der Waals surface area contributed by atoms with Crippen LogP contribution in [0.25, 0.3) is 0 Å². The summed E-state index contributed by atoms with van der Waals surface area (Å²) in [5, 5.41) is 3.40. The van der Waals surface area contributed by atoms with Crippen LogP contribution in [-0.4, -0.2) is 23.9 Å². The Hall–Kier alpha value is -1.38. The van der Waals surface area contributed by atoms with E-state index in [0.717, 1.165) is 25.9 Å². The summed E-state index contributed by atoms with van der Waals surface area (Å²) in [5.74, 6) is 1.19. The first-order valence-corrected chi connectivity index (χ1v) is 5.61. The van der Waals surface area contributed by atoms with Gasteiger partial charge >= 0.3 is 0 Å². The van der Waals surface area contributed by atoms with Crippen molar-refractivity contribution in [1.82, 2.24) is 10.3 Å². The average molecular weight is 203 g/mol. The van der Waals surface area contributed by atoms with Gasteiger partial charge in [-0.25, -0.2) is 0 Å². The number of hydrogen-bond donors (Lipinski definition) is 1. The van der Waals surface area contributed by atoms with E-state index in [1.807, 2.05) is 12.4 Å². The smallest absolute Gasteiger partial charge is 0.0963 e. The Bertz CT molecular complexity index is 319. The van der Waals surface area contributed by atoms with Crippen molar-refractivity contribution >= 4 is 5.84 Å². The Morgan fingerprint density at radius 1 is 1.20 bits per heavy atom. The molecular formula is C12H17N3. The van der Waals surface area contributed by atoms with Gasteiger partial charge in [-0.1, -0.05) is 0 Å². The van der Waals surface area contributed by atoms with Gasteiger partial charge in [-0.15, -0.1) is 0 Å². The molecule has 2 rings (SSSR count). The maximum Gasteiger partial charge on any atom is 0.0963 e. The molecule has 0 spiro atoms. The van der Waals surface area contributed by atoms with Gasteiger partial charge in [-0.3, -0.25) is 9.98 Å². The van der Waals surface area contributed by atoms with Crippen LogP contribution in [0.3, 0.4) is 0 Å². The highest BCUT2D eigenvalue weighted by molar-refractivity contribution is 5.82. The molecule has 1 aliphatic heterocycles. The van der Waals surface area contributed by atoms with Crippen LogP contribution in [0.15, 0.2) is 29.5 Å². The van der Waals surface area contributed by atoms with E-state index in [4.69, 9.17) is 0 Å². The molecule has 0 unspecified atom stereocenters. The van der Waals surface area contributed by atoms with Crippen molar-refractivity contribution in [3.05, 3.63) is 30.1 Å². The third-order valence-corrected chi connectivity index (χ3v) is 2.62. The van der Waals surface area contributed by atoms with E-state index < -0.39 is 0 Å². The minimum absolute atomic E-state index is 0.975. The maximum atomic E-state index is 4.45. The minimum atomic E-state index is 0.975. The van der Waals surface area contributed by atoms with E-state index in [0.29, 0.717) is 0 Å². The lowest BCUT2D eigenvalue weighted by Crippen LogP contribution is -2.27. The van der Waals surface area contributed by atoms with Crippen molar-refractivity contribution in [3.8, 4) is 0 Å². The Balaban J connectivity index is 1.73. The highest BCUT2D eigenvalue weighted by atomic mass is 15.0. The van der Waals surface area contributed by atoms with Gasteiger partial charge < -0.3 is 5.32 Å². The molecule has 0 radical (unpaired) electrons. The molecule has 1 aromatic heterocycles. The molecule has 1 aromatic rings. The normalized spacial score (nSPS) is 15.9. The number of aliphatic imine (C=N–C) groups is 1. The molecule has 1 aliphatic rings. The highest BCUT2D eigenvalue weighted by Crippen LogP contribution is 2.04. The van der Waals surface area contributed by atoms with Gasteiger partial charge in [0.25, 0.3) is 0 Å². The molecule has 0 saturated carbocycles. The van der Waals surface area contributed by atoms with Gasteiger partial charge in [0.1, 0.15) is 0 Å². The predicted octanol–water partition coefficient (Wildman–Crippen LogP) is 1.80. The molecule has 80 valence electrons. The van der Waals surface area contributed by atoms with E-state index >= 15 is 0 Å². The highest BCUT2D eigenvalue weighted by Gasteiger charge is 2.03. The summed E-state index contributed by atoms with van der Waals surface area (Å²) < 4.78 is 0. The summed E-state index contributed by atoms with van der Waals surface area (Å²) in [6.07, 6.45) is 8.37. The zero-order valence-electron chi connectivity index (χ0n) is 8.95.